The molecule has 2 rings (SSSR count). The van der Waals surface area contributed by atoms with Crippen molar-refractivity contribution in [1.82, 2.24) is 0 Å². The molecular weight excluding hydrogens is 276 g/mol. The molecule has 2 aromatic rings. The maximum Gasteiger partial charge on any atom is 0.253 e. The number of benzene rings is 1. The molecule has 0 unspecified atom stereocenters. The molecule has 0 fully saturated rings. The van der Waals surface area contributed by atoms with E-state index in [0.717, 1.165) is 12.0 Å². The van der Waals surface area contributed by atoms with Gasteiger partial charge in [-0.15, -0.1) is 0 Å². The lowest BCUT2D eigenvalue weighted by atomic mass is 10.1. The van der Waals surface area contributed by atoms with Crippen LogP contribution in [0.25, 0.3) is 0 Å². The van der Waals surface area contributed by atoms with Crippen LogP contribution in [0.15, 0.2) is 33.9 Å². The van der Waals surface area contributed by atoms with Crippen molar-refractivity contribution >= 4 is 11.4 Å². The van der Waals surface area contributed by atoms with Gasteiger partial charge in [-0.05, 0) is 17.5 Å². The van der Waals surface area contributed by atoms with E-state index < -0.39 is 10.9 Å². The average molecular weight is 304 g/mol. The van der Waals surface area contributed by atoms with Gasteiger partial charge >= 0.3 is 0 Å². The smallest absolute Gasteiger partial charge is 0.253 e. The van der Waals surface area contributed by atoms with Crippen molar-refractivity contribution in [1.29, 1.82) is 0 Å². The molecule has 0 spiro atoms. The molecule has 0 aliphatic carbocycles. The van der Waals surface area contributed by atoms with Crippen molar-refractivity contribution in [3.05, 3.63) is 55.8 Å². The Morgan fingerprint density at radius 3 is 2.00 bits per heavy atom. The summed E-state index contributed by atoms with van der Waals surface area (Å²) in [6, 6.07) is 8.16. The number of aryl methyl sites for hydroxylation is 1. The van der Waals surface area contributed by atoms with Crippen LogP contribution in [0.2, 0.25) is 0 Å². The van der Waals surface area contributed by atoms with Crippen LogP contribution < -0.4 is 21.5 Å². The lowest BCUT2D eigenvalue weighted by Crippen LogP contribution is -2.36. The van der Waals surface area contributed by atoms with E-state index in [2.05, 4.69) is 29.7 Å². The first kappa shape index (κ1) is 19.9. The number of hydrogen-bond acceptors (Lipinski definition) is 4. The van der Waals surface area contributed by atoms with Gasteiger partial charge in [-0.2, -0.15) is 0 Å². The molecule has 0 aromatic heterocycles. The minimum absolute atomic E-state index is 0.381. The van der Waals surface area contributed by atoms with E-state index >= 15 is 0 Å². The number of rotatable bonds is 5. The van der Waals surface area contributed by atoms with Gasteiger partial charge in [0, 0.05) is 13.6 Å². The number of nitrogens with one attached hydrogen (secondary N) is 2. The Bertz CT molecular complexity index is 626. The summed E-state index contributed by atoms with van der Waals surface area (Å²) < 4.78 is 0. The third-order valence-corrected chi connectivity index (χ3v) is 3.03. The predicted octanol–water partition coefficient (Wildman–Crippen LogP) is 3.55. The third kappa shape index (κ3) is 4.72. The Kier molecular flexibility index (Phi) is 9.59. The zero-order chi connectivity index (χ0) is 17.1. The molecule has 0 saturated carbocycles. The second-order valence-corrected chi connectivity index (χ2v) is 4.19. The molecule has 2 aromatic carbocycles. The lowest BCUT2D eigenvalue weighted by molar-refractivity contribution is 1.08. The molecular formula is C18H28N2O2. The Hall–Kier alpha value is -2.10. The summed E-state index contributed by atoms with van der Waals surface area (Å²) in [7, 11) is 1.64. The SMILES string of the molecule is CC.CC.CCc1cccc(CNc2c(NC)c(=O)c2=O)c1. The van der Waals surface area contributed by atoms with Gasteiger partial charge in [-0.3, -0.25) is 9.59 Å². The molecule has 0 saturated heterocycles. The topological polar surface area (TPSA) is 58.2 Å². The summed E-state index contributed by atoms with van der Waals surface area (Å²) in [5.41, 5.74) is 2.25. The Morgan fingerprint density at radius 1 is 0.909 bits per heavy atom. The lowest BCUT2D eigenvalue weighted by Gasteiger charge is -2.12. The average Bonchev–Trinajstić information content (AvgIpc) is 2.61. The summed E-state index contributed by atoms with van der Waals surface area (Å²) in [4.78, 5) is 22.6. The molecule has 0 bridgehead atoms. The van der Waals surface area contributed by atoms with Gasteiger partial charge < -0.3 is 10.6 Å². The van der Waals surface area contributed by atoms with Crippen LogP contribution in [0.4, 0.5) is 11.4 Å². The van der Waals surface area contributed by atoms with Gasteiger partial charge in [0.05, 0.1) is 0 Å². The van der Waals surface area contributed by atoms with Gasteiger partial charge in [0.1, 0.15) is 11.4 Å². The van der Waals surface area contributed by atoms with Crippen LogP contribution >= 0.6 is 0 Å². The molecule has 122 valence electrons. The number of anilines is 2. The fraction of sp³-hybridized carbons (Fsp3) is 0.444. The van der Waals surface area contributed by atoms with Crippen molar-refractivity contribution in [2.75, 3.05) is 17.7 Å². The Morgan fingerprint density at radius 2 is 1.45 bits per heavy atom. The van der Waals surface area contributed by atoms with Gasteiger partial charge in [0.25, 0.3) is 10.9 Å². The third-order valence-electron chi connectivity index (χ3n) is 3.03. The highest BCUT2D eigenvalue weighted by molar-refractivity contribution is 5.73. The van der Waals surface area contributed by atoms with Crippen molar-refractivity contribution in [2.24, 2.45) is 0 Å². The van der Waals surface area contributed by atoms with E-state index in [4.69, 9.17) is 0 Å². The zero-order valence-electron chi connectivity index (χ0n) is 14.5. The van der Waals surface area contributed by atoms with E-state index in [1.165, 1.54) is 5.56 Å². The summed E-state index contributed by atoms with van der Waals surface area (Å²) in [5.74, 6) is 0. The van der Waals surface area contributed by atoms with E-state index in [0.29, 0.717) is 17.9 Å². The van der Waals surface area contributed by atoms with Gasteiger partial charge in [-0.1, -0.05) is 58.9 Å². The number of hydrogen-bond donors (Lipinski definition) is 2. The van der Waals surface area contributed by atoms with Crippen LogP contribution in [0.1, 0.15) is 45.7 Å². The van der Waals surface area contributed by atoms with E-state index in [9.17, 15) is 9.59 Å². The van der Waals surface area contributed by atoms with Crippen LogP contribution in [-0.2, 0) is 13.0 Å². The normalized spacial score (nSPS) is 9.18. The van der Waals surface area contributed by atoms with Crippen molar-refractivity contribution in [3.63, 3.8) is 0 Å². The molecule has 22 heavy (non-hydrogen) atoms. The predicted molar refractivity (Wildman–Crippen MR) is 96.7 cm³/mol. The highest BCUT2D eigenvalue weighted by atomic mass is 16.2. The maximum absolute atomic E-state index is 11.4. The summed E-state index contributed by atoms with van der Waals surface area (Å²) in [6.07, 6.45) is 0.982. The molecule has 0 aliphatic heterocycles. The molecule has 2 N–H and O–H groups in total. The Balaban J connectivity index is 0.00000102. The van der Waals surface area contributed by atoms with E-state index in [-0.39, 0.29) is 0 Å². The van der Waals surface area contributed by atoms with Crippen LogP contribution in [0.5, 0.6) is 0 Å². The fourth-order valence-corrected chi connectivity index (χ4v) is 1.95. The summed E-state index contributed by atoms with van der Waals surface area (Å²) in [6.45, 7) is 10.6. The standard InChI is InChI=1S/C14H16N2O2.2C2H6/c1-3-9-5-4-6-10(7-9)8-16-12-11(15-2)13(17)14(12)18;2*1-2/h4-7,15-16H,3,8H2,1-2H3;2*1-2H3. The first-order chi connectivity index (χ1) is 10.7. The summed E-state index contributed by atoms with van der Waals surface area (Å²) >= 11 is 0. The molecule has 4 nitrogen and oxygen atoms in total. The van der Waals surface area contributed by atoms with Crippen molar-refractivity contribution in [2.45, 2.75) is 47.6 Å². The fourth-order valence-electron chi connectivity index (χ4n) is 1.95. The zero-order valence-corrected chi connectivity index (χ0v) is 14.5. The largest absolute Gasteiger partial charge is 0.383 e. The van der Waals surface area contributed by atoms with Gasteiger partial charge in [0.15, 0.2) is 0 Å². The quantitative estimate of drug-likeness (QED) is 0.829. The molecule has 0 atom stereocenters. The van der Waals surface area contributed by atoms with Crippen LogP contribution in [-0.4, -0.2) is 7.05 Å². The molecule has 0 amide bonds. The van der Waals surface area contributed by atoms with Crippen LogP contribution in [0, 0.1) is 0 Å². The molecule has 0 radical (unpaired) electrons. The minimum atomic E-state index is -0.442. The maximum atomic E-state index is 11.4. The molecule has 0 aliphatic rings. The molecule has 0 heterocycles. The second kappa shape index (κ2) is 10.6. The first-order valence-electron chi connectivity index (χ1n) is 8.00. The monoisotopic (exact) mass is 304 g/mol. The van der Waals surface area contributed by atoms with Gasteiger partial charge in [0.2, 0.25) is 0 Å². The van der Waals surface area contributed by atoms with E-state index in [1.54, 1.807) is 7.05 Å². The Labute approximate surface area is 133 Å². The van der Waals surface area contributed by atoms with Crippen LogP contribution in [0.3, 0.4) is 0 Å². The first-order valence-corrected chi connectivity index (χ1v) is 8.00. The molecule has 4 heteroatoms. The second-order valence-electron chi connectivity index (χ2n) is 4.19. The highest BCUT2D eigenvalue weighted by Gasteiger charge is 2.18. The van der Waals surface area contributed by atoms with Gasteiger partial charge in [-0.25, -0.2) is 0 Å². The van der Waals surface area contributed by atoms with Crippen molar-refractivity contribution in [3.8, 4) is 0 Å². The summed E-state index contributed by atoms with van der Waals surface area (Å²) in [5, 5.41) is 5.75. The highest BCUT2D eigenvalue weighted by Crippen LogP contribution is 2.15. The van der Waals surface area contributed by atoms with Crippen molar-refractivity contribution < 1.29 is 0 Å². The van der Waals surface area contributed by atoms with E-state index in [1.807, 2.05) is 39.8 Å². The minimum Gasteiger partial charge on any atom is -0.383 e.